The maximum absolute atomic E-state index is 14.6. The van der Waals surface area contributed by atoms with Crippen molar-refractivity contribution >= 4 is 88.5 Å². The number of nitrogens with zero attached hydrogens (tertiary/aromatic N) is 4. The van der Waals surface area contributed by atoms with E-state index in [1.807, 2.05) is 36.4 Å². The van der Waals surface area contributed by atoms with Crippen LogP contribution in [0.3, 0.4) is 0 Å². The van der Waals surface area contributed by atoms with Crippen LogP contribution in [0.5, 0.6) is 0 Å². The van der Waals surface area contributed by atoms with Crippen LogP contribution < -0.4 is 9.80 Å². The Kier molecular flexibility index (Phi) is 10.2. The van der Waals surface area contributed by atoms with E-state index in [0.717, 1.165) is 111 Å². The Labute approximate surface area is 411 Å². The van der Waals surface area contributed by atoms with Crippen LogP contribution in [0.4, 0.5) is 51.7 Å². The van der Waals surface area contributed by atoms with Gasteiger partial charge in [-0.15, -0.1) is 0 Å². The molecule has 13 rings (SSSR count). The van der Waals surface area contributed by atoms with Crippen LogP contribution in [-0.2, 0) is 0 Å². The predicted octanol–water partition coefficient (Wildman–Crippen LogP) is 18.2. The lowest BCUT2D eigenvalue weighted by atomic mass is 9.96. The zero-order valence-electron chi connectivity index (χ0n) is 38.4. The summed E-state index contributed by atoms with van der Waals surface area (Å²) in [5.41, 5.74) is 12.8. The molecule has 72 heavy (non-hydrogen) atoms. The van der Waals surface area contributed by atoms with Gasteiger partial charge in [0.2, 0.25) is 0 Å². The molecule has 4 nitrogen and oxygen atoms in total. The van der Waals surface area contributed by atoms with Gasteiger partial charge < -0.3 is 18.9 Å². The lowest BCUT2D eigenvalue weighted by Crippen LogP contribution is -2.11. The molecule has 13 aromatic rings. The quantitative estimate of drug-likeness (QED) is 0.134. The summed E-state index contributed by atoms with van der Waals surface area (Å²) in [7, 11) is 0. The number of hydrogen-bond donors (Lipinski definition) is 0. The minimum atomic E-state index is -0.326. The average molecular weight is 941 g/mol. The third kappa shape index (κ3) is 7.23. The Hall–Kier alpha value is -9.40. The summed E-state index contributed by atoms with van der Waals surface area (Å²) >= 11 is 0. The first-order valence-corrected chi connectivity index (χ1v) is 23.7. The van der Waals surface area contributed by atoms with Crippen molar-refractivity contribution in [1.29, 1.82) is 0 Å². The van der Waals surface area contributed by atoms with Gasteiger partial charge in [0.1, 0.15) is 23.3 Å². The van der Waals surface area contributed by atoms with E-state index in [-0.39, 0.29) is 23.3 Å². The fraction of sp³-hybridized carbons (Fsp3) is 0. The van der Waals surface area contributed by atoms with Gasteiger partial charge in [-0.3, -0.25) is 0 Å². The highest BCUT2D eigenvalue weighted by Gasteiger charge is 2.22. The van der Waals surface area contributed by atoms with Crippen molar-refractivity contribution in [2.75, 3.05) is 9.80 Å². The van der Waals surface area contributed by atoms with Crippen LogP contribution in [0.15, 0.2) is 243 Å². The Morgan fingerprint density at radius 1 is 0.264 bits per heavy atom. The largest absolute Gasteiger partial charge is 0.310 e. The van der Waals surface area contributed by atoms with E-state index in [4.69, 9.17) is 0 Å². The first-order valence-electron chi connectivity index (χ1n) is 23.7. The standard InChI is InChI=1S/C64H40F4N4/c65-42-15-25-47(26-16-42)69(51-33-36-63-58(39-51)56-9-3-5-11-60(56)71(63)49-29-19-44(67)20-30-49)46-23-13-41(14-24-46)53-35-38-62(55-8-2-1-7-54(53)55)70(48-27-17-43(66)18-28-48)52-34-37-64-59(40-52)57-10-4-6-12-61(57)72(64)50-31-21-45(68)22-32-50/h1-40H. The van der Waals surface area contributed by atoms with Gasteiger partial charge in [0.05, 0.1) is 27.8 Å². The highest BCUT2D eigenvalue weighted by atomic mass is 19.1. The second kappa shape index (κ2) is 17.2. The summed E-state index contributed by atoms with van der Waals surface area (Å²) in [4.78, 5) is 4.30. The maximum Gasteiger partial charge on any atom is 0.123 e. The van der Waals surface area contributed by atoms with E-state index < -0.39 is 0 Å². The Bertz CT molecular complexity index is 4180. The number of halogens is 4. The maximum atomic E-state index is 14.6. The van der Waals surface area contributed by atoms with E-state index in [2.05, 4.69) is 128 Å². The molecule has 8 heteroatoms. The summed E-state index contributed by atoms with van der Waals surface area (Å²) in [5.74, 6) is -1.24. The van der Waals surface area contributed by atoms with Crippen molar-refractivity contribution in [3.63, 3.8) is 0 Å². The van der Waals surface area contributed by atoms with Crippen LogP contribution in [0.2, 0.25) is 0 Å². The van der Waals surface area contributed by atoms with Crippen molar-refractivity contribution in [2.24, 2.45) is 0 Å². The molecule has 0 saturated heterocycles. The van der Waals surface area contributed by atoms with Crippen LogP contribution in [0.1, 0.15) is 0 Å². The number of anilines is 6. The first kappa shape index (κ1) is 42.7. The molecule has 344 valence electrons. The second-order valence-corrected chi connectivity index (χ2v) is 17.9. The summed E-state index contributed by atoms with van der Waals surface area (Å²) in [6.07, 6.45) is 0. The highest BCUT2D eigenvalue weighted by molar-refractivity contribution is 6.13. The number of para-hydroxylation sites is 2. The topological polar surface area (TPSA) is 16.3 Å². The van der Waals surface area contributed by atoms with Crippen LogP contribution >= 0.6 is 0 Å². The fourth-order valence-electron chi connectivity index (χ4n) is 10.5. The van der Waals surface area contributed by atoms with Crippen molar-refractivity contribution in [3.05, 3.63) is 266 Å². The highest BCUT2D eigenvalue weighted by Crippen LogP contribution is 2.45. The molecule has 2 aromatic heterocycles. The molecule has 0 spiro atoms. The average Bonchev–Trinajstić information content (AvgIpc) is 3.93. The third-order valence-electron chi connectivity index (χ3n) is 13.7. The number of aromatic nitrogens is 2. The van der Waals surface area contributed by atoms with Gasteiger partial charge in [0, 0.05) is 66.7 Å². The van der Waals surface area contributed by atoms with Crippen LogP contribution in [0.25, 0.3) is 76.9 Å². The van der Waals surface area contributed by atoms with E-state index in [0.29, 0.717) is 0 Å². The molecule has 0 aliphatic carbocycles. The predicted molar refractivity (Wildman–Crippen MR) is 287 cm³/mol. The fourth-order valence-corrected chi connectivity index (χ4v) is 10.5. The Morgan fingerprint density at radius 3 is 1.11 bits per heavy atom. The summed E-state index contributed by atoms with van der Waals surface area (Å²) in [6, 6.07) is 76.3. The van der Waals surface area contributed by atoms with Gasteiger partial charge >= 0.3 is 0 Å². The second-order valence-electron chi connectivity index (χ2n) is 17.9. The molecule has 0 fully saturated rings. The van der Waals surface area contributed by atoms with Gasteiger partial charge in [-0.25, -0.2) is 17.6 Å². The molecule has 0 aliphatic heterocycles. The zero-order chi connectivity index (χ0) is 48.5. The van der Waals surface area contributed by atoms with Crippen molar-refractivity contribution < 1.29 is 17.6 Å². The van der Waals surface area contributed by atoms with E-state index >= 15 is 0 Å². The summed E-state index contributed by atoms with van der Waals surface area (Å²) in [6.45, 7) is 0. The summed E-state index contributed by atoms with van der Waals surface area (Å²) in [5, 5.41) is 6.17. The summed E-state index contributed by atoms with van der Waals surface area (Å²) < 4.78 is 61.6. The van der Waals surface area contributed by atoms with Crippen LogP contribution in [-0.4, -0.2) is 9.13 Å². The minimum Gasteiger partial charge on any atom is -0.310 e. The molecule has 11 aromatic carbocycles. The molecular formula is C64H40F4N4. The molecule has 0 N–H and O–H groups in total. The molecular weight excluding hydrogens is 901 g/mol. The lowest BCUT2D eigenvalue weighted by molar-refractivity contribution is 0.627. The van der Waals surface area contributed by atoms with Gasteiger partial charge in [-0.1, -0.05) is 78.9 Å². The number of rotatable bonds is 9. The number of fused-ring (bicyclic) bond motifs is 7. The number of hydrogen-bond acceptors (Lipinski definition) is 2. The minimum absolute atomic E-state index is 0.294. The molecule has 0 bridgehead atoms. The van der Waals surface area contributed by atoms with Gasteiger partial charge in [-0.05, 0) is 180 Å². The molecule has 2 heterocycles. The molecule has 0 radical (unpaired) electrons. The molecule has 0 unspecified atom stereocenters. The van der Waals surface area contributed by atoms with Crippen molar-refractivity contribution in [3.8, 4) is 22.5 Å². The third-order valence-corrected chi connectivity index (χ3v) is 13.7. The van der Waals surface area contributed by atoms with E-state index in [1.165, 1.54) is 48.5 Å². The van der Waals surface area contributed by atoms with E-state index in [9.17, 15) is 17.6 Å². The van der Waals surface area contributed by atoms with Crippen LogP contribution in [0, 0.1) is 23.3 Å². The van der Waals surface area contributed by atoms with Crippen molar-refractivity contribution in [1.82, 2.24) is 9.13 Å². The van der Waals surface area contributed by atoms with Gasteiger partial charge in [-0.2, -0.15) is 0 Å². The van der Waals surface area contributed by atoms with Gasteiger partial charge in [0.15, 0.2) is 0 Å². The molecule has 0 aliphatic rings. The lowest BCUT2D eigenvalue weighted by Gasteiger charge is -2.28. The van der Waals surface area contributed by atoms with Crippen molar-refractivity contribution in [2.45, 2.75) is 0 Å². The first-order chi connectivity index (χ1) is 35.3. The normalized spacial score (nSPS) is 11.6. The SMILES string of the molecule is Fc1ccc(N(c2ccc(-c3ccc(N(c4ccc(F)cc4)c4ccc5c(c4)c4ccccc4n5-c4ccc(F)cc4)c4ccccc34)cc2)c2ccc3c(c2)c2ccccc2n3-c2ccc(F)cc2)cc1. The monoisotopic (exact) mass is 940 g/mol. The van der Waals surface area contributed by atoms with Gasteiger partial charge in [0.25, 0.3) is 0 Å². The zero-order valence-corrected chi connectivity index (χ0v) is 38.4. The Morgan fingerprint density at radius 2 is 0.625 bits per heavy atom. The van der Waals surface area contributed by atoms with E-state index in [1.54, 1.807) is 48.5 Å². The Balaban J connectivity index is 0.919. The smallest absolute Gasteiger partial charge is 0.123 e. The number of benzene rings is 11. The molecule has 0 amide bonds. The molecule has 0 atom stereocenters. The molecule has 0 saturated carbocycles.